The molecule has 0 bridgehead atoms. The topological polar surface area (TPSA) is 12.0 Å². The highest BCUT2D eigenvalue weighted by atomic mass is 14.9. The Morgan fingerprint density at radius 3 is 2.27 bits per heavy atom. The summed E-state index contributed by atoms with van der Waals surface area (Å²) in [5.74, 6) is 0. The van der Waals surface area contributed by atoms with Gasteiger partial charge in [0.15, 0.2) is 0 Å². The van der Waals surface area contributed by atoms with Crippen LogP contribution in [-0.4, -0.2) is 12.1 Å². The summed E-state index contributed by atoms with van der Waals surface area (Å²) in [5.41, 5.74) is 0. The van der Waals surface area contributed by atoms with Crippen LogP contribution < -0.4 is 5.32 Å². The normalized spacial score (nSPS) is 21.2. The van der Waals surface area contributed by atoms with Crippen molar-refractivity contribution in [3.05, 3.63) is 0 Å². The molecular formula is C14H29N. The largest absolute Gasteiger partial charge is 0.311 e. The Hall–Kier alpha value is -0.0400. The second-order valence-corrected chi connectivity index (χ2v) is 5.10. The molecule has 0 amide bonds. The van der Waals surface area contributed by atoms with Gasteiger partial charge < -0.3 is 5.32 Å². The molecule has 0 aromatic carbocycles. The molecule has 1 aliphatic rings. The second kappa shape index (κ2) is 8.15. The zero-order valence-electron chi connectivity index (χ0n) is 10.7. The summed E-state index contributed by atoms with van der Waals surface area (Å²) < 4.78 is 0. The average Bonchev–Trinajstić information content (AvgIpc) is 2.52. The van der Waals surface area contributed by atoms with Crippen LogP contribution in [0.25, 0.3) is 0 Å². The summed E-state index contributed by atoms with van der Waals surface area (Å²) in [7, 11) is 0. The zero-order valence-corrected chi connectivity index (χ0v) is 10.7. The summed E-state index contributed by atoms with van der Waals surface area (Å²) in [6.07, 6.45) is 14.1. The molecule has 15 heavy (non-hydrogen) atoms. The van der Waals surface area contributed by atoms with Crippen LogP contribution in [0, 0.1) is 0 Å². The smallest absolute Gasteiger partial charge is 0.00696 e. The number of unbranched alkanes of at least 4 members (excludes halogenated alkanes) is 1. The minimum Gasteiger partial charge on any atom is -0.311 e. The SMILES string of the molecule is CCCCC(CC)NC1CCCCCC1. The Labute approximate surface area is 96.0 Å². The lowest BCUT2D eigenvalue weighted by Crippen LogP contribution is -2.37. The molecule has 0 saturated heterocycles. The van der Waals surface area contributed by atoms with Crippen molar-refractivity contribution in [2.45, 2.75) is 90.1 Å². The van der Waals surface area contributed by atoms with Crippen molar-refractivity contribution < 1.29 is 0 Å². The van der Waals surface area contributed by atoms with Gasteiger partial charge in [-0.05, 0) is 25.7 Å². The van der Waals surface area contributed by atoms with Gasteiger partial charge >= 0.3 is 0 Å². The first-order chi connectivity index (χ1) is 7.36. The highest BCUT2D eigenvalue weighted by molar-refractivity contribution is 4.75. The molecule has 1 nitrogen and oxygen atoms in total. The lowest BCUT2D eigenvalue weighted by atomic mass is 10.0. The molecule has 0 aromatic heterocycles. The molecule has 1 atom stereocenters. The maximum atomic E-state index is 3.88. The Kier molecular flexibility index (Phi) is 7.08. The number of rotatable bonds is 6. The van der Waals surface area contributed by atoms with Crippen molar-refractivity contribution in [3.63, 3.8) is 0 Å². The van der Waals surface area contributed by atoms with E-state index in [1.54, 1.807) is 0 Å². The number of hydrogen-bond donors (Lipinski definition) is 1. The number of hydrogen-bond acceptors (Lipinski definition) is 1. The fourth-order valence-corrected chi connectivity index (χ4v) is 2.64. The van der Waals surface area contributed by atoms with Crippen molar-refractivity contribution in [2.24, 2.45) is 0 Å². The Balaban J connectivity index is 2.22. The van der Waals surface area contributed by atoms with Gasteiger partial charge in [0.25, 0.3) is 0 Å². The maximum Gasteiger partial charge on any atom is 0.00696 e. The lowest BCUT2D eigenvalue weighted by Gasteiger charge is -2.24. The molecule has 1 aliphatic carbocycles. The van der Waals surface area contributed by atoms with E-state index in [1.807, 2.05) is 0 Å². The van der Waals surface area contributed by atoms with Crippen LogP contribution in [0.15, 0.2) is 0 Å². The predicted molar refractivity (Wildman–Crippen MR) is 68.2 cm³/mol. The minimum atomic E-state index is 0.785. The molecule has 0 aliphatic heterocycles. The maximum absolute atomic E-state index is 3.88. The highest BCUT2D eigenvalue weighted by Crippen LogP contribution is 2.18. The molecule has 0 aromatic rings. The van der Waals surface area contributed by atoms with E-state index in [1.165, 1.54) is 64.2 Å². The first kappa shape index (κ1) is 13.0. The van der Waals surface area contributed by atoms with Crippen LogP contribution in [0.3, 0.4) is 0 Å². The van der Waals surface area contributed by atoms with E-state index >= 15 is 0 Å². The predicted octanol–water partition coefficient (Wildman–Crippen LogP) is 4.27. The van der Waals surface area contributed by atoms with Gasteiger partial charge in [0.2, 0.25) is 0 Å². The Bertz CT molecular complexity index is 136. The molecular weight excluding hydrogens is 182 g/mol. The third-order valence-electron chi connectivity index (χ3n) is 3.73. The van der Waals surface area contributed by atoms with E-state index in [9.17, 15) is 0 Å². The summed E-state index contributed by atoms with van der Waals surface area (Å²) in [5, 5.41) is 3.88. The molecule has 90 valence electrons. The van der Waals surface area contributed by atoms with Gasteiger partial charge in [0.05, 0.1) is 0 Å². The molecule has 1 heteroatoms. The average molecular weight is 211 g/mol. The van der Waals surface area contributed by atoms with Crippen LogP contribution in [0.2, 0.25) is 0 Å². The first-order valence-electron chi connectivity index (χ1n) is 7.12. The van der Waals surface area contributed by atoms with Crippen LogP contribution in [0.1, 0.15) is 78.1 Å². The Morgan fingerprint density at radius 2 is 1.73 bits per heavy atom. The van der Waals surface area contributed by atoms with Gasteiger partial charge in [0.1, 0.15) is 0 Å². The van der Waals surface area contributed by atoms with Gasteiger partial charge in [-0.1, -0.05) is 52.4 Å². The summed E-state index contributed by atoms with van der Waals surface area (Å²) >= 11 is 0. The second-order valence-electron chi connectivity index (χ2n) is 5.10. The summed E-state index contributed by atoms with van der Waals surface area (Å²) in [4.78, 5) is 0. The molecule has 0 heterocycles. The van der Waals surface area contributed by atoms with Gasteiger partial charge in [-0.3, -0.25) is 0 Å². The van der Waals surface area contributed by atoms with E-state index in [-0.39, 0.29) is 0 Å². The molecule has 1 fully saturated rings. The first-order valence-corrected chi connectivity index (χ1v) is 7.12. The fraction of sp³-hybridized carbons (Fsp3) is 1.00. The standard InChI is InChI=1S/C14H29N/c1-3-5-10-13(4-2)15-14-11-8-6-7-9-12-14/h13-15H,3-12H2,1-2H3. The van der Waals surface area contributed by atoms with Crippen molar-refractivity contribution >= 4 is 0 Å². The van der Waals surface area contributed by atoms with E-state index in [0.29, 0.717) is 0 Å². The zero-order chi connectivity index (χ0) is 10.9. The quantitative estimate of drug-likeness (QED) is 0.647. The summed E-state index contributed by atoms with van der Waals surface area (Å²) in [6, 6.07) is 1.61. The van der Waals surface area contributed by atoms with Crippen LogP contribution in [0.4, 0.5) is 0 Å². The third kappa shape index (κ3) is 5.55. The van der Waals surface area contributed by atoms with Gasteiger partial charge in [-0.25, -0.2) is 0 Å². The highest BCUT2D eigenvalue weighted by Gasteiger charge is 2.15. The molecule has 1 rings (SSSR count). The van der Waals surface area contributed by atoms with E-state index < -0.39 is 0 Å². The Morgan fingerprint density at radius 1 is 1.07 bits per heavy atom. The van der Waals surface area contributed by atoms with Crippen LogP contribution in [0.5, 0.6) is 0 Å². The van der Waals surface area contributed by atoms with E-state index in [4.69, 9.17) is 0 Å². The van der Waals surface area contributed by atoms with Crippen molar-refractivity contribution in [2.75, 3.05) is 0 Å². The molecule has 1 N–H and O–H groups in total. The van der Waals surface area contributed by atoms with Crippen molar-refractivity contribution in [1.29, 1.82) is 0 Å². The van der Waals surface area contributed by atoms with Crippen LogP contribution >= 0.6 is 0 Å². The molecule has 0 spiro atoms. The lowest BCUT2D eigenvalue weighted by molar-refractivity contribution is 0.364. The molecule has 1 saturated carbocycles. The molecule has 0 radical (unpaired) electrons. The minimum absolute atomic E-state index is 0.785. The van der Waals surface area contributed by atoms with E-state index in [0.717, 1.165) is 12.1 Å². The van der Waals surface area contributed by atoms with Gasteiger partial charge in [-0.15, -0.1) is 0 Å². The third-order valence-corrected chi connectivity index (χ3v) is 3.73. The van der Waals surface area contributed by atoms with Crippen molar-refractivity contribution in [1.82, 2.24) is 5.32 Å². The van der Waals surface area contributed by atoms with Gasteiger partial charge in [0, 0.05) is 12.1 Å². The fourth-order valence-electron chi connectivity index (χ4n) is 2.64. The van der Waals surface area contributed by atoms with Crippen molar-refractivity contribution in [3.8, 4) is 0 Å². The monoisotopic (exact) mass is 211 g/mol. The number of nitrogens with one attached hydrogen (secondary N) is 1. The molecule has 1 unspecified atom stereocenters. The summed E-state index contributed by atoms with van der Waals surface area (Å²) in [6.45, 7) is 4.61. The van der Waals surface area contributed by atoms with Crippen LogP contribution in [-0.2, 0) is 0 Å². The van der Waals surface area contributed by atoms with Gasteiger partial charge in [-0.2, -0.15) is 0 Å². The van der Waals surface area contributed by atoms with E-state index in [2.05, 4.69) is 19.2 Å².